The van der Waals surface area contributed by atoms with Gasteiger partial charge in [0, 0.05) is 45.7 Å². The number of carboxylic acid groups (broad SMARTS) is 4. The molecular weight excluding hydrogens is 412 g/mol. The van der Waals surface area contributed by atoms with Crippen LogP contribution in [-0.4, -0.2) is 97.3 Å². The zero-order valence-electron chi connectivity index (χ0n) is 16.8. The van der Waals surface area contributed by atoms with Crippen molar-refractivity contribution >= 4 is 23.9 Å². The molecule has 0 aromatic carbocycles. The van der Waals surface area contributed by atoms with Gasteiger partial charge < -0.3 is 25.7 Å². The molecule has 0 saturated heterocycles. The van der Waals surface area contributed by atoms with Crippen molar-refractivity contribution in [2.24, 2.45) is 0 Å². The Bertz CT molecular complexity index is 804. The smallest absolute Gasteiger partial charge is 0.332 e. The fourth-order valence-electron chi connectivity index (χ4n) is 3.48. The Morgan fingerprint density at radius 3 is 1.97 bits per heavy atom. The first-order valence-corrected chi connectivity index (χ1v) is 9.73. The number of carbonyl (C=O) groups is 4. The van der Waals surface area contributed by atoms with Crippen molar-refractivity contribution in [3.05, 3.63) is 29.6 Å². The zero-order valence-corrected chi connectivity index (χ0v) is 16.8. The fourth-order valence-corrected chi connectivity index (χ4v) is 3.48. The number of hydrogen-bond donors (Lipinski definition) is 5. The predicted octanol–water partition coefficient (Wildman–Crippen LogP) is -0.855. The summed E-state index contributed by atoms with van der Waals surface area (Å²) < 4.78 is 0. The molecule has 1 aliphatic rings. The van der Waals surface area contributed by atoms with Gasteiger partial charge in [-0.05, 0) is 18.6 Å². The standard InChI is InChI=1S/C19H26N4O8/c24-15(25)5-4-14(17(26)27)22-8-6-20-7-9-23(16(18(28)29)19(30)31)11-13-3-1-2-12(10-22)21-13/h1-3,14,16,20H,4-11H2,(H,24,25)(H,26,27)(H,28,29)(H,30,31). The Morgan fingerprint density at radius 2 is 1.45 bits per heavy atom. The molecule has 12 nitrogen and oxygen atoms in total. The lowest BCUT2D eigenvalue weighted by atomic mass is 10.1. The molecule has 2 rings (SSSR count). The van der Waals surface area contributed by atoms with Gasteiger partial charge in [-0.2, -0.15) is 0 Å². The molecule has 0 amide bonds. The fraction of sp³-hybridized carbons (Fsp3) is 0.526. The van der Waals surface area contributed by atoms with Crippen molar-refractivity contribution < 1.29 is 39.6 Å². The topological polar surface area (TPSA) is 181 Å². The number of nitrogens with zero attached hydrogens (tertiary/aromatic N) is 3. The molecule has 0 saturated carbocycles. The maximum Gasteiger partial charge on any atom is 0.332 e. The van der Waals surface area contributed by atoms with E-state index in [1.807, 2.05) is 0 Å². The van der Waals surface area contributed by atoms with Crippen LogP contribution in [0.25, 0.3) is 0 Å². The summed E-state index contributed by atoms with van der Waals surface area (Å²) in [5.74, 6) is -5.14. The van der Waals surface area contributed by atoms with Crippen LogP contribution in [0.2, 0.25) is 0 Å². The van der Waals surface area contributed by atoms with Gasteiger partial charge in [0.15, 0.2) is 0 Å². The average Bonchev–Trinajstić information content (AvgIpc) is 2.65. The lowest BCUT2D eigenvalue weighted by molar-refractivity contribution is -0.157. The van der Waals surface area contributed by atoms with Crippen LogP contribution in [0.3, 0.4) is 0 Å². The van der Waals surface area contributed by atoms with E-state index in [0.717, 1.165) is 0 Å². The summed E-state index contributed by atoms with van der Waals surface area (Å²) in [7, 11) is 0. The van der Waals surface area contributed by atoms with E-state index in [4.69, 9.17) is 5.11 Å². The minimum Gasteiger partial charge on any atom is -0.481 e. The maximum absolute atomic E-state index is 11.8. The predicted molar refractivity (Wildman–Crippen MR) is 105 cm³/mol. The third kappa shape index (κ3) is 7.27. The van der Waals surface area contributed by atoms with Crippen molar-refractivity contribution in [1.82, 2.24) is 20.1 Å². The summed E-state index contributed by atoms with van der Waals surface area (Å²) in [5, 5.41) is 40.3. The molecule has 0 spiro atoms. The Morgan fingerprint density at radius 1 is 0.903 bits per heavy atom. The number of aliphatic carboxylic acids is 4. The van der Waals surface area contributed by atoms with Crippen LogP contribution in [-0.2, 0) is 32.3 Å². The van der Waals surface area contributed by atoms with Crippen molar-refractivity contribution in [2.45, 2.75) is 38.0 Å². The third-order valence-corrected chi connectivity index (χ3v) is 4.94. The Kier molecular flexibility index (Phi) is 8.85. The number of rotatable bonds is 8. The van der Waals surface area contributed by atoms with Crippen LogP contribution in [0.15, 0.2) is 18.2 Å². The first kappa shape index (κ1) is 24.2. The molecule has 0 aliphatic carbocycles. The van der Waals surface area contributed by atoms with Gasteiger partial charge in [-0.15, -0.1) is 0 Å². The van der Waals surface area contributed by atoms with E-state index in [2.05, 4.69) is 10.3 Å². The van der Waals surface area contributed by atoms with Crippen molar-refractivity contribution in [1.29, 1.82) is 0 Å². The maximum atomic E-state index is 11.8. The van der Waals surface area contributed by atoms with Crippen molar-refractivity contribution in [2.75, 3.05) is 26.2 Å². The molecule has 1 aliphatic heterocycles. The molecule has 0 radical (unpaired) electrons. The van der Waals surface area contributed by atoms with E-state index < -0.39 is 36.0 Å². The highest BCUT2D eigenvalue weighted by Gasteiger charge is 2.33. The second-order valence-electron chi connectivity index (χ2n) is 7.18. The summed E-state index contributed by atoms with van der Waals surface area (Å²) in [6.45, 7) is 1.15. The quantitative estimate of drug-likeness (QED) is 0.318. The zero-order chi connectivity index (χ0) is 23.0. The molecule has 31 heavy (non-hydrogen) atoms. The molecule has 2 heterocycles. The van der Waals surface area contributed by atoms with Crippen LogP contribution in [0, 0.1) is 0 Å². The van der Waals surface area contributed by atoms with Gasteiger partial charge in [0.2, 0.25) is 6.04 Å². The average molecular weight is 438 g/mol. The number of hydrogen-bond acceptors (Lipinski definition) is 8. The molecule has 5 N–H and O–H groups in total. The Balaban J connectivity index is 2.29. The highest BCUT2D eigenvalue weighted by molar-refractivity contribution is 5.97. The monoisotopic (exact) mass is 438 g/mol. The molecule has 2 bridgehead atoms. The lowest BCUT2D eigenvalue weighted by Crippen LogP contribution is -2.50. The van der Waals surface area contributed by atoms with Crippen LogP contribution in [0.1, 0.15) is 24.2 Å². The van der Waals surface area contributed by atoms with E-state index in [1.54, 1.807) is 23.1 Å². The van der Waals surface area contributed by atoms with Crippen LogP contribution in [0.5, 0.6) is 0 Å². The van der Waals surface area contributed by atoms with Gasteiger partial charge >= 0.3 is 23.9 Å². The SMILES string of the molecule is O=C(O)CCC(C(=O)O)N1CCNCCN(C(C(=O)O)C(=O)O)Cc2cccc(n2)C1. The Hall–Kier alpha value is -3.09. The minimum absolute atomic E-state index is 0.0137. The van der Waals surface area contributed by atoms with Gasteiger partial charge in [0.25, 0.3) is 0 Å². The number of pyridine rings is 1. The third-order valence-electron chi connectivity index (χ3n) is 4.94. The highest BCUT2D eigenvalue weighted by Crippen LogP contribution is 2.14. The second-order valence-corrected chi connectivity index (χ2v) is 7.18. The second kappa shape index (κ2) is 11.3. The summed E-state index contributed by atoms with van der Waals surface area (Å²) in [5.41, 5.74) is 0.963. The Labute approximate surface area is 178 Å². The van der Waals surface area contributed by atoms with E-state index in [9.17, 15) is 34.5 Å². The minimum atomic E-state index is -1.72. The molecule has 1 atom stereocenters. The first-order valence-electron chi connectivity index (χ1n) is 9.73. The van der Waals surface area contributed by atoms with Gasteiger partial charge in [-0.25, -0.2) is 9.59 Å². The van der Waals surface area contributed by atoms with Crippen molar-refractivity contribution in [3.63, 3.8) is 0 Å². The van der Waals surface area contributed by atoms with Crippen LogP contribution >= 0.6 is 0 Å². The molecule has 0 fully saturated rings. The lowest BCUT2D eigenvalue weighted by Gasteiger charge is -2.30. The molecule has 1 aromatic heterocycles. The largest absolute Gasteiger partial charge is 0.481 e. The van der Waals surface area contributed by atoms with Crippen molar-refractivity contribution in [3.8, 4) is 0 Å². The molecular formula is C19H26N4O8. The number of fused-ring (bicyclic) bond motifs is 2. The van der Waals surface area contributed by atoms with E-state index in [0.29, 0.717) is 17.9 Å². The van der Waals surface area contributed by atoms with E-state index >= 15 is 0 Å². The number of nitrogens with one attached hydrogen (secondary N) is 1. The molecule has 1 aromatic rings. The van der Waals surface area contributed by atoms with E-state index in [-0.39, 0.29) is 45.6 Å². The number of aromatic nitrogens is 1. The van der Waals surface area contributed by atoms with Gasteiger partial charge in [0.1, 0.15) is 6.04 Å². The summed E-state index contributed by atoms with van der Waals surface area (Å²) in [6, 6.07) is 2.27. The normalized spacial score (nSPS) is 17.3. The first-order chi connectivity index (χ1) is 14.7. The van der Waals surface area contributed by atoms with Crippen LogP contribution < -0.4 is 5.32 Å². The summed E-state index contributed by atoms with van der Waals surface area (Å²) in [4.78, 5) is 53.0. The molecule has 12 heteroatoms. The van der Waals surface area contributed by atoms with Gasteiger partial charge in [-0.3, -0.25) is 24.4 Å². The van der Waals surface area contributed by atoms with E-state index in [1.165, 1.54) is 4.90 Å². The number of carboxylic acids is 4. The molecule has 170 valence electrons. The molecule has 1 unspecified atom stereocenters. The van der Waals surface area contributed by atoms with Gasteiger partial charge in [0.05, 0.1) is 11.4 Å². The highest BCUT2D eigenvalue weighted by atomic mass is 16.4. The van der Waals surface area contributed by atoms with Gasteiger partial charge in [-0.1, -0.05) is 6.07 Å². The van der Waals surface area contributed by atoms with Crippen LogP contribution in [0.4, 0.5) is 0 Å². The summed E-state index contributed by atoms with van der Waals surface area (Å²) >= 11 is 0. The summed E-state index contributed by atoms with van der Waals surface area (Å²) in [6.07, 6.45) is -0.341.